The summed E-state index contributed by atoms with van der Waals surface area (Å²) in [7, 11) is 0. The van der Waals surface area contributed by atoms with Crippen molar-refractivity contribution in [3.63, 3.8) is 0 Å². The molecule has 0 aliphatic carbocycles. The van der Waals surface area contributed by atoms with Crippen LogP contribution in [0.25, 0.3) is 22.3 Å². The molecule has 0 amide bonds. The summed E-state index contributed by atoms with van der Waals surface area (Å²) in [5.74, 6) is -4.03. The third kappa shape index (κ3) is 6.50. The van der Waals surface area contributed by atoms with E-state index >= 15 is 0 Å². The van der Waals surface area contributed by atoms with Crippen molar-refractivity contribution >= 4 is 11.9 Å². The van der Waals surface area contributed by atoms with Crippen molar-refractivity contribution in [3.8, 4) is 68.2 Å². The lowest BCUT2D eigenvalue weighted by atomic mass is 9.95. The lowest BCUT2D eigenvalue weighted by Crippen LogP contribution is -2.16. The van der Waals surface area contributed by atoms with Gasteiger partial charge in [0.1, 0.15) is 23.0 Å². The zero-order valence-electron chi connectivity index (χ0n) is 23.0. The predicted molar refractivity (Wildman–Crippen MR) is 159 cm³/mol. The molecular formula is C34H26O10. The van der Waals surface area contributed by atoms with Gasteiger partial charge in [-0.05, 0) is 70.8 Å². The number of carbonyl (C=O) groups is 2. The number of hydrogen-bond acceptors (Lipinski definition) is 10. The van der Waals surface area contributed by atoms with E-state index in [-0.39, 0.29) is 58.1 Å². The predicted octanol–water partition coefficient (Wildman–Crippen LogP) is 5.55. The second-order valence-corrected chi connectivity index (χ2v) is 9.83. The molecule has 6 N–H and O–H groups in total. The van der Waals surface area contributed by atoms with Crippen LogP contribution < -0.4 is 9.47 Å². The number of benzene rings is 5. The van der Waals surface area contributed by atoms with Crippen molar-refractivity contribution in [2.45, 2.75) is 12.8 Å². The summed E-state index contributed by atoms with van der Waals surface area (Å²) in [6.45, 7) is 0. The zero-order valence-corrected chi connectivity index (χ0v) is 23.0. The molecule has 0 bridgehead atoms. The number of esters is 2. The highest BCUT2D eigenvalue weighted by Crippen LogP contribution is 2.56. The SMILES string of the molecule is O=C(Cc1ccc(O)cc1)Oc1c(OC(=O)Cc2ccc(O)cc2)c(-c2ccc(O)cc2)c(O)c(O)c1-c1ccc(O)cc1. The number of phenolic OH excluding ortho intramolecular Hbond substituents is 6. The lowest BCUT2D eigenvalue weighted by Gasteiger charge is -2.21. The van der Waals surface area contributed by atoms with Crippen LogP contribution in [-0.4, -0.2) is 42.6 Å². The van der Waals surface area contributed by atoms with Gasteiger partial charge < -0.3 is 40.1 Å². The van der Waals surface area contributed by atoms with Gasteiger partial charge in [0.25, 0.3) is 0 Å². The van der Waals surface area contributed by atoms with E-state index in [1.165, 1.54) is 97.1 Å². The Morgan fingerprint density at radius 2 is 0.705 bits per heavy atom. The Balaban J connectivity index is 1.69. The lowest BCUT2D eigenvalue weighted by molar-refractivity contribution is -0.136. The van der Waals surface area contributed by atoms with Crippen LogP contribution in [0.1, 0.15) is 11.1 Å². The number of hydrogen-bond donors (Lipinski definition) is 6. The Kier molecular flexibility index (Phi) is 8.25. The van der Waals surface area contributed by atoms with E-state index in [0.717, 1.165) is 0 Å². The first-order valence-corrected chi connectivity index (χ1v) is 13.3. The molecule has 10 nitrogen and oxygen atoms in total. The molecule has 0 atom stereocenters. The van der Waals surface area contributed by atoms with Crippen LogP contribution in [0, 0.1) is 0 Å². The van der Waals surface area contributed by atoms with Gasteiger partial charge in [0.2, 0.25) is 0 Å². The van der Waals surface area contributed by atoms with Gasteiger partial charge >= 0.3 is 11.9 Å². The Labute approximate surface area is 250 Å². The van der Waals surface area contributed by atoms with Crippen LogP contribution in [0.15, 0.2) is 97.1 Å². The zero-order chi connectivity index (χ0) is 31.4. The largest absolute Gasteiger partial charge is 0.508 e. The third-order valence-electron chi connectivity index (χ3n) is 6.67. The summed E-state index contributed by atoms with van der Waals surface area (Å²) in [4.78, 5) is 26.6. The normalized spacial score (nSPS) is 10.7. The topological polar surface area (TPSA) is 174 Å². The quantitative estimate of drug-likeness (QED) is 0.0759. The molecule has 0 unspecified atom stereocenters. The van der Waals surface area contributed by atoms with Gasteiger partial charge in [-0.2, -0.15) is 0 Å². The summed E-state index contributed by atoms with van der Waals surface area (Å²) in [6, 6.07) is 22.6. The molecule has 0 radical (unpaired) electrons. The molecule has 0 fully saturated rings. The summed E-state index contributed by atoms with van der Waals surface area (Å²) in [5.41, 5.74) is 0.999. The van der Waals surface area contributed by atoms with Crippen molar-refractivity contribution in [3.05, 3.63) is 108 Å². The Hall–Kier alpha value is -6.16. The molecule has 0 saturated heterocycles. The van der Waals surface area contributed by atoms with Crippen molar-refractivity contribution in [2.24, 2.45) is 0 Å². The van der Waals surface area contributed by atoms with E-state index < -0.39 is 34.9 Å². The molecule has 0 saturated carbocycles. The highest BCUT2D eigenvalue weighted by atomic mass is 16.6. The first kappa shape index (κ1) is 29.3. The Morgan fingerprint density at radius 1 is 0.432 bits per heavy atom. The molecule has 5 aromatic carbocycles. The first-order chi connectivity index (χ1) is 21.1. The van der Waals surface area contributed by atoms with Gasteiger partial charge in [-0.25, -0.2) is 0 Å². The summed E-state index contributed by atoms with van der Waals surface area (Å²) in [5, 5.41) is 61.5. The number of phenols is 6. The van der Waals surface area contributed by atoms with Crippen LogP contribution in [0.3, 0.4) is 0 Å². The monoisotopic (exact) mass is 594 g/mol. The van der Waals surface area contributed by atoms with Gasteiger partial charge in [0, 0.05) is 0 Å². The van der Waals surface area contributed by atoms with E-state index in [2.05, 4.69) is 0 Å². The molecule has 0 aliphatic heterocycles. The van der Waals surface area contributed by atoms with E-state index in [1.54, 1.807) is 0 Å². The van der Waals surface area contributed by atoms with Gasteiger partial charge in [-0.15, -0.1) is 0 Å². The van der Waals surface area contributed by atoms with E-state index in [4.69, 9.17) is 9.47 Å². The fourth-order valence-corrected chi connectivity index (χ4v) is 4.53. The van der Waals surface area contributed by atoms with Crippen molar-refractivity contribution in [1.29, 1.82) is 0 Å². The van der Waals surface area contributed by atoms with Gasteiger partial charge in [0.15, 0.2) is 23.0 Å². The van der Waals surface area contributed by atoms with E-state index in [1.807, 2.05) is 0 Å². The Morgan fingerprint density at radius 3 is 1.00 bits per heavy atom. The van der Waals surface area contributed by atoms with Crippen LogP contribution in [0.5, 0.6) is 46.0 Å². The minimum absolute atomic E-state index is 0.00144. The van der Waals surface area contributed by atoms with Crippen LogP contribution in [0.2, 0.25) is 0 Å². The van der Waals surface area contributed by atoms with Gasteiger partial charge in [-0.3, -0.25) is 9.59 Å². The van der Waals surface area contributed by atoms with Crippen LogP contribution in [-0.2, 0) is 22.4 Å². The molecule has 44 heavy (non-hydrogen) atoms. The highest BCUT2D eigenvalue weighted by Gasteiger charge is 2.31. The Bertz CT molecular complexity index is 1670. The standard InChI is InChI=1S/C34H26O10/c35-23-9-1-19(2-10-23)17-27(39)43-33-29(21-5-13-25(37)14-6-21)31(41)32(42)30(22-7-15-26(38)16-8-22)34(33)44-28(40)18-20-3-11-24(36)12-4-20/h1-16,35-38,41-42H,17-18H2. The molecule has 10 heteroatoms. The molecule has 0 aromatic heterocycles. The summed E-state index contributed by atoms with van der Waals surface area (Å²) < 4.78 is 11.6. The van der Waals surface area contributed by atoms with E-state index in [0.29, 0.717) is 11.1 Å². The van der Waals surface area contributed by atoms with Crippen LogP contribution in [0.4, 0.5) is 0 Å². The number of ether oxygens (including phenoxy) is 2. The maximum Gasteiger partial charge on any atom is 0.315 e. The fourth-order valence-electron chi connectivity index (χ4n) is 4.53. The summed E-state index contributed by atoms with van der Waals surface area (Å²) >= 11 is 0. The van der Waals surface area contributed by atoms with Crippen molar-refractivity contribution in [2.75, 3.05) is 0 Å². The highest BCUT2D eigenvalue weighted by molar-refractivity contribution is 5.96. The molecule has 0 spiro atoms. The summed E-state index contributed by atoms with van der Waals surface area (Å²) in [6.07, 6.45) is -0.543. The fraction of sp³-hybridized carbons (Fsp3) is 0.0588. The maximum absolute atomic E-state index is 13.3. The van der Waals surface area contributed by atoms with Gasteiger partial charge in [0.05, 0.1) is 24.0 Å². The van der Waals surface area contributed by atoms with Crippen molar-refractivity contribution < 1.29 is 49.7 Å². The number of carbonyl (C=O) groups excluding carboxylic acids is 2. The molecular weight excluding hydrogens is 568 g/mol. The molecule has 5 rings (SSSR count). The third-order valence-corrected chi connectivity index (χ3v) is 6.67. The van der Waals surface area contributed by atoms with Crippen LogP contribution >= 0.6 is 0 Å². The molecule has 222 valence electrons. The number of aromatic hydroxyl groups is 6. The minimum atomic E-state index is -0.826. The second-order valence-electron chi connectivity index (χ2n) is 9.83. The first-order valence-electron chi connectivity index (χ1n) is 13.3. The van der Waals surface area contributed by atoms with Crippen molar-refractivity contribution in [1.82, 2.24) is 0 Å². The smallest absolute Gasteiger partial charge is 0.315 e. The van der Waals surface area contributed by atoms with Gasteiger partial charge in [-0.1, -0.05) is 48.5 Å². The average Bonchev–Trinajstić information content (AvgIpc) is 3.00. The molecule has 0 heterocycles. The average molecular weight is 595 g/mol. The maximum atomic E-state index is 13.3. The van der Waals surface area contributed by atoms with E-state index in [9.17, 15) is 40.2 Å². The second kappa shape index (κ2) is 12.4. The molecule has 5 aromatic rings. The minimum Gasteiger partial charge on any atom is -0.508 e. The molecule has 0 aliphatic rings. The number of rotatable bonds is 8.